The number of halogens is 1. The molecule has 56 valence electrons. The summed E-state index contributed by atoms with van der Waals surface area (Å²) in [5.41, 5.74) is 0. The third kappa shape index (κ3) is 5.74. The van der Waals surface area contributed by atoms with Crippen molar-refractivity contribution >= 4 is 32.4 Å². The predicted molar refractivity (Wildman–Crippen MR) is 44.8 cm³/mol. The van der Waals surface area contributed by atoms with Crippen LogP contribution in [0.3, 0.4) is 0 Å². The number of carbonyl (C=O) groups excluding carboxylic acids is 2. The summed E-state index contributed by atoms with van der Waals surface area (Å²) in [5.74, 6) is -0.501. The lowest BCUT2D eigenvalue weighted by molar-refractivity contribution is -0.143. The van der Waals surface area contributed by atoms with Gasteiger partial charge in [0.15, 0.2) is 0 Å². The maximum atomic E-state index is 10.5. The van der Waals surface area contributed by atoms with Gasteiger partial charge in [-0.2, -0.15) is 0 Å². The molecule has 0 aliphatic rings. The standard InChI is InChI=1S/C6H7IO3/c1-2-3-10-6(9)4-5(7)8/h2H,1,3-4H2. The van der Waals surface area contributed by atoms with Crippen molar-refractivity contribution in [2.24, 2.45) is 0 Å². The Labute approximate surface area is 72.6 Å². The highest BCUT2D eigenvalue weighted by molar-refractivity contribution is 14.1. The fourth-order valence-corrected chi connectivity index (χ4v) is 0.628. The molecule has 0 saturated carbocycles. The zero-order chi connectivity index (χ0) is 7.98. The molecule has 10 heavy (non-hydrogen) atoms. The topological polar surface area (TPSA) is 43.4 Å². The summed E-state index contributed by atoms with van der Waals surface area (Å²) in [5, 5.41) is 0. The second-order valence-corrected chi connectivity index (χ2v) is 2.71. The van der Waals surface area contributed by atoms with Gasteiger partial charge >= 0.3 is 5.97 Å². The van der Waals surface area contributed by atoms with E-state index in [9.17, 15) is 9.59 Å². The van der Waals surface area contributed by atoms with Gasteiger partial charge in [0.25, 0.3) is 0 Å². The molecule has 0 atom stereocenters. The second kappa shape index (κ2) is 5.40. The van der Waals surface area contributed by atoms with Gasteiger partial charge < -0.3 is 4.74 Å². The Morgan fingerprint density at radius 1 is 1.60 bits per heavy atom. The summed E-state index contributed by atoms with van der Waals surface area (Å²) in [6.07, 6.45) is 1.30. The highest BCUT2D eigenvalue weighted by Crippen LogP contribution is 1.94. The maximum absolute atomic E-state index is 10.5. The Morgan fingerprint density at radius 2 is 2.20 bits per heavy atom. The van der Waals surface area contributed by atoms with Crippen molar-refractivity contribution in [3.8, 4) is 0 Å². The summed E-state index contributed by atoms with van der Waals surface area (Å²) < 4.78 is 4.30. The van der Waals surface area contributed by atoms with E-state index in [1.54, 1.807) is 22.6 Å². The van der Waals surface area contributed by atoms with Gasteiger partial charge in [-0.25, -0.2) is 0 Å². The lowest BCUT2D eigenvalue weighted by Gasteiger charge is -1.96. The van der Waals surface area contributed by atoms with Crippen molar-refractivity contribution in [1.29, 1.82) is 0 Å². The molecule has 4 heteroatoms. The summed E-state index contributed by atoms with van der Waals surface area (Å²) in [4.78, 5) is 20.8. The van der Waals surface area contributed by atoms with E-state index < -0.39 is 5.97 Å². The smallest absolute Gasteiger partial charge is 0.314 e. The first-order valence-corrected chi connectivity index (χ1v) is 3.69. The predicted octanol–water partition coefficient (Wildman–Crippen LogP) is 1.07. The molecule has 0 N–H and O–H groups in total. The van der Waals surface area contributed by atoms with Gasteiger partial charge in [0.2, 0.25) is 3.79 Å². The normalized spacial score (nSPS) is 8.50. The largest absolute Gasteiger partial charge is 0.461 e. The summed E-state index contributed by atoms with van der Waals surface area (Å²) in [7, 11) is 0. The van der Waals surface area contributed by atoms with E-state index in [2.05, 4.69) is 11.3 Å². The number of esters is 1. The van der Waals surface area contributed by atoms with Crippen LogP contribution in [0.1, 0.15) is 6.42 Å². The molecular formula is C6H7IO3. The number of hydrogen-bond donors (Lipinski definition) is 0. The minimum Gasteiger partial charge on any atom is -0.461 e. The van der Waals surface area contributed by atoms with E-state index in [0.29, 0.717) is 0 Å². The minimum absolute atomic E-state index is 0.158. The monoisotopic (exact) mass is 254 g/mol. The molecule has 0 aromatic carbocycles. The van der Waals surface area contributed by atoms with Crippen molar-refractivity contribution in [3.63, 3.8) is 0 Å². The van der Waals surface area contributed by atoms with Crippen LogP contribution >= 0.6 is 22.6 Å². The number of ether oxygens (including phenoxy) is 1. The van der Waals surface area contributed by atoms with Crippen LogP contribution in [0.25, 0.3) is 0 Å². The zero-order valence-corrected chi connectivity index (χ0v) is 7.46. The fourth-order valence-electron chi connectivity index (χ4n) is 0.316. The van der Waals surface area contributed by atoms with E-state index in [0.717, 1.165) is 0 Å². The average Bonchev–Trinajstić information content (AvgIpc) is 1.82. The molecular weight excluding hydrogens is 247 g/mol. The van der Waals surface area contributed by atoms with Crippen LogP contribution in [0, 0.1) is 0 Å². The van der Waals surface area contributed by atoms with Crippen LogP contribution in [-0.4, -0.2) is 16.4 Å². The van der Waals surface area contributed by atoms with Gasteiger partial charge in [0.1, 0.15) is 13.0 Å². The maximum Gasteiger partial charge on any atom is 0.314 e. The third-order valence-electron chi connectivity index (χ3n) is 0.645. The van der Waals surface area contributed by atoms with Crippen LogP contribution in [-0.2, 0) is 14.3 Å². The van der Waals surface area contributed by atoms with Crippen molar-refractivity contribution in [2.75, 3.05) is 6.61 Å². The van der Waals surface area contributed by atoms with Crippen LogP contribution in [0.5, 0.6) is 0 Å². The Morgan fingerprint density at radius 3 is 2.60 bits per heavy atom. The van der Waals surface area contributed by atoms with Crippen LogP contribution in [0.15, 0.2) is 12.7 Å². The Hall–Kier alpha value is -0.390. The van der Waals surface area contributed by atoms with Crippen molar-refractivity contribution in [2.45, 2.75) is 6.42 Å². The first-order chi connectivity index (χ1) is 4.66. The van der Waals surface area contributed by atoms with E-state index in [4.69, 9.17) is 0 Å². The van der Waals surface area contributed by atoms with Crippen molar-refractivity contribution < 1.29 is 14.3 Å². The molecule has 0 radical (unpaired) electrons. The average molecular weight is 254 g/mol. The second-order valence-electron chi connectivity index (χ2n) is 1.50. The molecule has 0 saturated heterocycles. The Kier molecular flexibility index (Phi) is 5.19. The summed E-state index contributed by atoms with van der Waals surface area (Å²) in [6.45, 7) is 3.52. The SMILES string of the molecule is C=CCOC(=O)CC(=O)I. The molecule has 0 aliphatic heterocycles. The fraction of sp³-hybridized carbons (Fsp3) is 0.333. The van der Waals surface area contributed by atoms with Crippen LogP contribution in [0.2, 0.25) is 0 Å². The van der Waals surface area contributed by atoms with Gasteiger partial charge in [-0.3, -0.25) is 9.59 Å². The third-order valence-corrected chi connectivity index (χ3v) is 1.03. The highest BCUT2D eigenvalue weighted by atomic mass is 127. The lowest BCUT2D eigenvalue weighted by atomic mass is 10.5. The van der Waals surface area contributed by atoms with Crippen molar-refractivity contribution in [3.05, 3.63) is 12.7 Å². The van der Waals surface area contributed by atoms with E-state index >= 15 is 0 Å². The lowest BCUT2D eigenvalue weighted by Crippen LogP contribution is -2.06. The quantitative estimate of drug-likeness (QED) is 0.248. The molecule has 0 aromatic rings. The van der Waals surface area contributed by atoms with Crippen LogP contribution < -0.4 is 0 Å². The molecule has 0 heterocycles. The number of hydrogen-bond acceptors (Lipinski definition) is 3. The van der Waals surface area contributed by atoms with Gasteiger partial charge in [0.05, 0.1) is 0 Å². The molecule has 0 bridgehead atoms. The van der Waals surface area contributed by atoms with Crippen molar-refractivity contribution in [1.82, 2.24) is 0 Å². The van der Waals surface area contributed by atoms with E-state index in [-0.39, 0.29) is 16.8 Å². The summed E-state index contributed by atoms with van der Waals surface area (Å²) in [6, 6.07) is 0. The molecule has 0 spiro atoms. The van der Waals surface area contributed by atoms with E-state index in [1.165, 1.54) is 6.08 Å². The molecule has 0 amide bonds. The molecule has 0 fully saturated rings. The molecule has 0 rings (SSSR count). The van der Waals surface area contributed by atoms with Gasteiger partial charge in [0, 0.05) is 22.6 Å². The zero-order valence-electron chi connectivity index (χ0n) is 5.30. The Balaban J connectivity index is 3.43. The van der Waals surface area contributed by atoms with Gasteiger partial charge in [-0.05, 0) is 0 Å². The molecule has 0 aromatic heterocycles. The highest BCUT2D eigenvalue weighted by Gasteiger charge is 2.05. The Bertz CT molecular complexity index is 153. The minimum atomic E-state index is -0.501. The number of rotatable bonds is 4. The first kappa shape index (κ1) is 9.61. The molecule has 0 aliphatic carbocycles. The van der Waals surface area contributed by atoms with Gasteiger partial charge in [-0.1, -0.05) is 12.7 Å². The molecule has 0 unspecified atom stereocenters. The molecule has 3 nitrogen and oxygen atoms in total. The van der Waals surface area contributed by atoms with Crippen LogP contribution in [0.4, 0.5) is 0 Å². The van der Waals surface area contributed by atoms with E-state index in [1.807, 2.05) is 0 Å². The number of carbonyl (C=O) groups is 2. The van der Waals surface area contributed by atoms with Gasteiger partial charge in [-0.15, -0.1) is 0 Å². The summed E-state index contributed by atoms with van der Waals surface area (Å²) >= 11 is 1.54. The first-order valence-electron chi connectivity index (χ1n) is 2.61.